The number of nitrogens with one attached hydrogen (secondary N) is 1. The smallest absolute Gasteiger partial charge is 0.422 e. The normalized spacial score (nSPS) is 11.4. The van der Waals surface area contributed by atoms with E-state index in [0.717, 1.165) is 12.1 Å². The fourth-order valence-electron chi connectivity index (χ4n) is 1.51. The maximum absolute atomic E-state index is 13.6. The topological polar surface area (TPSA) is 47.0 Å². The lowest BCUT2D eigenvalue weighted by Gasteiger charge is -2.10. The van der Waals surface area contributed by atoms with Crippen molar-refractivity contribution in [3.63, 3.8) is 0 Å². The van der Waals surface area contributed by atoms with Crippen LogP contribution in [0.4, 0.5) is 27.6 Å². The summed E-state index contributed by atoms with van der Waals surface area (Å²) in [6, 6.07) is 1.73. The molecule has 23 heavy (non-hydrogen) atoms. The Hall–Kier alpha value is -2.16. The number of hydrogen-bond donors (Lipinski definition) is 1. The van der Waals surface area contributed by atoms with Gasteiger partial charge in [0, 0.05) is 24.5 Å². The molecule has 0 radical (unpaired) electrons. The lowest BCUT2D eigenvalue weighted by Crippen LogP contribution is -2.20. The first-order valence-electron chi connectivity index (χ1n) is 6.14. The van der Waals surface area contributed by atoms with Gasteiger partial charge in [0.25, 0.3) is 0 Å². The molecule has 0 saturated carbocycles. The van der Waals surface area contributed by atoms with Crippen molar-refractivity contribution in [2.75, 3.05) is 11.9 Å². The van der Waals surface area contributed by atoms with Crippen LogP contribution in [0.1, 0.15) is 5.56 Å². The third kappa shape index (κ3) is 4.92. The van der Waals surface area contributed by atoms with Gasteiger partial charge in [0.1, 0.15) is 10.8 Å². The molecule has 0 aliphatic rings. The number of halogens is 6. The number of anilines is 1. The van der Waals surface area contributed by atoms with E-state index >= 15 is 0 Å². The van der Waals surface area contributed by atoms with Crippen molar-refractivity contribution in [1.29, 1.82) is 0 Å². The van der Waals surface area contributed by atoms with Crippen LogP contribution >= 0.6 is 11.6 Å². The van der Waals surface area contributed by atoms with Crippen LogP contribution in [0.5, 0.6) is 6.01 Å². The molecular formula is C13H9ClF5N3O. The molecule has 0 unspecified atom stereocenters. The minimum absolute atomic E-state index is 0.0335. The van der Waals surface area contributed by atoms with Gasteiger partial charge >= 0.3 is 12.2 Å². The van der Waals surface area contributed by atoms with E-state index in [1.54, 1.807) is 0 Å². The van der Waals surface area contributed by atoms with Crippen molar-refractivity contribution in [1.82, 2.24) is 9.97 Å². The zero-order valence-corrected chi connectivity index (χ0v) is 12.1. The van der Waals surface area contributed by atoms with Crippen LogP contribution < -0.4 is 10.1 Å². The van der Waals surface area contributed by atoms with Crippen LogP contribution in [-0.2, 0) is 6.54 Å². The van der Waals surface area contributed by atoms with Gasteiger partial charge in [-0.05, 0) is 12.1 Å². The van der Waals surface area contributed by atoms with E-state index in [0.29, 0.717) is 5.56 Å². The molecule has 1 aromatic heterocycles. The van der Waals surface area contributed by atoms with Crippen molar-refractivity contribution in [2.45, 2.75) is 12.7 Å². The van der Waals surface area contributed by atoms with E-state index in [9.17, 15) is 22.0 Å². The van der Waals surface area contributed by atoms with Gasteiger partial charge in [0.2, 0.25) is 0 Å². The van der Waals surface area contributed by atoms with Crippen molar-refractivity contribution >= 4 is 17.3 Å². The van der Waals surface area contributed by atoms with E-state index < -0.39 is 35.5 Å². The Morgan fingerprint density at radius 2 is 1.78 bits per heavy atom. The Labute approximate surface area is 132 Å². The molecule has 0 amide bonds. The third-order valence-corrected chi connectivity index (χ3v) is 2.91. The number of alkyl halides is 3. The molecular weight excluding hydrogens is 345 g/mol. The first-order valence-corrected chi connectivity index (χ1v) is 6.52. The number of benzene rings is 1. The fraction of sp³-hybridized carbons (Fsp3) is 0.231. The van der Waals surface area contributed by atoms with Gasteiger partial charge in [-0.2, -0.15) is 13.2 Å². The van der Waals surface area contributed by atoms with Crippen molar-refractivity contribution in [2.24, 2.45) is 0 Å². The Balaban J connectivity index is 1.95. The molecule has 0 atom stereocenters. The second kappa shape index (κ2) is 6.95. The van der Waals surface area contributed by atoms with Crippen LogP contribution in [-0.4, -0.2) is 22.8 Å². The maximum Gasteiger partial charge on any atom is 0.422 e. The van der Waals surface area contributed by atoms with Crippen LogP contribution in [0, 0.1) is 11.6 Å². The van der Waals surface area contributed by atoms with Gasteiger partial charge in [-0.3, -0.25) is 0 Å². The van der Waals surface area contributed by atoms with Crippen LogP contribution in [0.2, 0.25) is 5.02 Å². The Morgan fingerprint density at radius 1 is 1.13 bits per heavy atom. The number of aromatic nitrogens is 2. The second-order valence-electron chi connectivity index (χ2n) is 4.35. The highest BCUT2D eigenvalue weighted by Crippen LogP contribution is 2.25. The molecule has 0 spiro atoms. The minimum Gasteiger partial charge on any atom is -0.454 e. The summed E-state index contributed by atoms with van der Waals surface area (Å²) in [6.45, 7) is -1.44. The molecule has 0 fully saturated rings. The number of nitrogens with zero attached hydrogens (tertiary/aromatic N) is 2. The lowest BCUT2D eigenvalue weighted by atomic mass is 10.2. The van der Waals surface area contributed by atoms with Crippen LogP contribution in [0.3, 0.4) is 0 Å². The molecule has 2 rings (SSSR count). The molecule has 2 aromatic rings. The van der Waals surface area contributed by atoms with Gasteiger partial charge in [-0.1, -0.05) is 11.6 Å². The molecule has 124 valence electrons. The zero-order chi connectivity index (χ0) is 17.0. The van der Waals surface area contributed by atoms with E-state index in [2.05, 4.69) is 20.0 Å². The molecule has 10 heteroatoms. The van der Waals surface area contributed by atoms with Gasteiger partial charge in [-0.15, -0.1) is 0 Å². The Morgan fingerprint density at radius 3 is 2.39 bits per heavy atom. The summed E-state index contributed by atoms with van der Waals surface area (Å²) in [5.41, 5.74) is 0.415. The fourth-order valence-corrected chi connectivity index (χ4v) is 1.68. The minimum atomic E-state index is -4.48. The molecule has 1 N–H and O–H groups in total. The summed E-state index contributed by atoms with van der Waals surface area (Å²) in [5.74, 6) is -1.83. The molecule has 4 nitrogen and oxygen atoms in total. The average molecular weight is 354 g/mol. The number of rotatable bonds is 5. The monoisotopic (exact) mass is 353 g/mol. The first kappa shape index (κ1) is 17.2. The summed E-state index contributed by atoms with van der Waals surface area (Å²) >= 11 is 5.43. The highest BCUT2D eigenvalue weighted by Gasteiger charge is 2.28. The second-order valence-corrected chi connectivity index (χ2v) is 4.73. The average Bonchev–Trinajstić information content (AvgIpc) is 2.50. The predicted molar refractivity (Wildman–Crippen MR) is 72.3 cm³/mol. The van der Waals surface area contributed by atoms with Gasteiger partial charge in [0.05, 0.1) is 5.69 Å². The Bertz CT molecular complexity index is 679. The van der Waals surface area contributed by atoms with E-state index in [4.69, 9.17) is 11.6 Å². The zero-order valence-electron chi connectivity index (χ0n) is 11.3. The van der Waals surface area contributed by atoms with E-state index in [1.807, 2.05) is 0 Å². The van der Waals surface area contributed by atoms with E-state index in [1.165, 1.54) is 12.4 Å². The quantitative estimate of drug-likeness (QED) is 0.653. The van der Waals surface area contributed by atoms with Crippen molar-refractivity contribution in [3.05, 3.63) is 46.7 Å². The van der Waals surface area contributed by atoms with Crippen LogP contribution in [0.15, 0.2) is 24.5 Å². The number of ether oxygens (including phenoxy) is 1. The summed E-state index contributed by atoms with van der Waals surface area (Å²) in [7, 11) is 0. The molecule has 0 saturated heterocycles. The third-order valence-electron chi connectivity index (χ3n) is 2.56. The molecule has 0 aliphatic carbocycles. The number of hydrogen-bond acceptors (Lipinski definition) is 4. The lowest BCUT2D eigenvalue weighted by molar-refractivity contribution is -0.154. The Kier molecular flexibility index (Phi) is 5.19. The molecule has 1 aromatic carbocycles. The van der Waals surface area contributed by atoms with Crippen molar-refractivity contribution < 1.29 is 26.7 Å². The predicted octanol–water partition coefficient (Wildman–Crippen LogP) is 3.96. The summed E-state index contributed by atoms with van der Waals surface area (Å²) in [4.78, 5) is 7.19. The van der Waals surface area contributed by atoms with E-state index in [-0.39, 0.29) is 12.2 Å². The maximum atomic E-state index is 13.6. The first-order chi connectivity index (χ1) is 10.8. The van der Waals surface area contributed by atoms with Crippen molar-refractivity contribution in [3.8, 4) is 6.01 Å². The largest absolute Gasteiger partial charge is 0.454 e. The molecule has 1 heterocycles. The van der Waals surface area contributed by atoms with Gasteiger partial charge in [-0.25, -0.2) is 18.7 Å². The van der Waals surface area contributed by atoms with Gasteiger partial charge in [0.15, 0.2) is 12.4 Å². The molecule has 0 aliphatic heterocycles. The molecule has 0 bridgehead atoms. The van der Waals surface area contributed by atoms with Gasteiger partial charge < -0.3 is 10.1 Å². The summed E-state index contributed by atoms with van der Waals surface area (Å²) < 4.78 is 66.9. The van der Waals surface area contributed by atoms with Crippen LogP contribution in [0.25, 0.3) is 0 Å². The summed E-state index contributed by atoms with van der Waals surface area (Å²) in [5, 5.41) is 2.01. The standard InChI is InChI=1S/C13H9ClF5N3O/c14-10-8(15)1-2-9(11(10)16)20-3-7-4-21-12(22-5-7)23-6-13(17,18)19/h1-2,4-5,20H,3,6H2. The SMILES string of the molecule is Fc1ccc(NCc2cnc(OCC(F)(F)F)nc2)c(F)c1Cl. The summed E-state index contributed by atoms with van der Waals surface area (Å²) in [6.07, 6.45) is -2.05. The highest BCUT2D eigenvalue weighted by atomic mass is 35.5. The highest BCUT2D eigenvalue weighted by molar-refractivity contribution is 6.31.